The van der Waals surface area contributed by atoms with Crippen molar-refractivity contribution in [2.75, 3.05) is 31.1 Å². The van der Waals surface area contributed by atoms with Crippen LogP contribution in [0.3, 0.4) is 0 Å². The molecular formula is C12H24N2O2S2. The quantitative estimate of drug-likeness (QED) is 0.799. The zero-order valence-electron chi connectivity index (χ0n) is 11.1. The van der Waals surface area contributed by atoms with Crippen molar-refractivity contribution < 1.29 is 8.42 Å². The van der Waals surface area contributed by atoms with E-state index in [0.29, 0.717) is 18.2 Å². The van der Waals surface area contributed by atoms with Crippen LogP contribution >= 0.6 is 11.8 Å². The van der Waals surface area contributed by atoms with E-state index in [4.69, 9.17) is 0 Å². The van der Waals surface area contributed by atoms with Crippen LogP contribution in [0.5, 0.6) is 0 Å². The molecule has 2 heterocycles. The van der Waals surface area contributed by atoms with Crippen molar-refractivity contribution in [2.24, 2.45) is 5.92 Å². The summed E-state index contributed by atoms with van der Waals surface area (Å²) >= 11 is 1.89. The lowest BCUT2D eigenvalue weighted by Gasteiger charge is -2.25. The maximum absolute atomic E-state index is 12.1. The third kappa shape index (κ3) is 4.40. The smallest absolute Gasteiger partial charge is 0.211 e. The van der Waals surface area contributed by atoms with Crippen molar-refractivity contribution in [1.29, 1.82) is 0 Å². The molecule has 2 rings (SSSR count). The lowest BCUT2D eigenvalue weighted by atomic mass is 10.0. The zero-order chi connectivity index (χ0) is 13.1. The fourth-order valence-electron chi connectivity index (χ4n) is 2.66. The minimum absolute atomic E-state index is 0.112. The van der Waals surface area contributed by atoms with Crippen LogP contribution < -0.4 is 10.0 Å². The molecule has 1 atom stereocenters. The average Bonchev–Trinajstić information content (AvgIpc) is 2.76. The summed E-state index contributed by atoms with van der Waals surface area (Å²) in [6.07, 6.45) is 4.28. The summed E-state index contributed by atoms with van der Waals surface area (Å²) in [7, 11) is -3.10. The normalized spacial score (nSPS) is 30.7. The van der Waals surface area contributed by atoms with Crippen molar-refractivity contribution in [3.63, 3.8) is 0 Å². The van der Waals surface area contributed by atoms with E-state index in [9.17, 15) is 8.42 Å². The van der Waals surface area contributed by atoms with Gasteiger partial charge in [0.15, 0.2) is 0 Å². The van der Waals surface area contributed by atoms with Gasteiger partial charge in [-0.15, -0.1) is 0 Å². The van der Waals surface area contributed by atoms with Gasteiger partial charge < -0.3 is 5.32 Å². The van der Waals surface area contributed by atoms with Crippen LogP contribution in [0.25, 0.3) is 0 Å². The zero-order valence-corrected chi connectivity index (χ0v) is 12.7. The first-order chi connectivity index (χ1) is 8.49. The summed E-state index contributed by atoms with van der Waals surface area (Å²) in [6.45, 7) is 4.66. The number of hydrogen-bond acceptors (Lipinski definition) is 4. The van der Waals surface area contributed by atoms with Crippen molar-refractivity contribution in [2.45, 2.75) is 37.4 Å². The molecule has 0 bridgehead atoms. The van der Waals surface area contributed by atoms with Gasteiger partial charge in [0, 0.05) is 11.3 Å². The molecule has 0 aromatic heterocycles. The second-order valence-electron chi connectivity index (χ2n) is 5.70. The molecule has 0 spiro atoms. The topological polar surface area (TPSA) is 58.2 Å². The Bertz CT molecular complexity index is 358. The van der Waals surface area contributed by atoms with E-state index in [0.717, 1.165) is 38.1 Å². The minimum Gasteiger partial charge on any atom is -0.317 e. The lowest BCUT2D eigenvalue weighted by molar-refractivity contribution is 0.399. The lowest BCUT2D eigenvalue weighted by Crippen LogP contribution is -2.40. The number of thioether (sulfide) groups is 1. The summed E-state index contributed by atoms with van der Waals surface area (Å²) in [5, 5.41) is 3.26. The van der Waals surface area contributed by atoms with E-state index in [2.05, 4.69) is 17.0 Å². The Morgan fingerprint density at radius 1 is 1.39 bits per heavy atom. The molecule has 2 fully saturated rings. The van der Waals surface area contributed by atoms with Crippen LogP contribution in [-0.2, 0) is 10.0 Å². The molecule has 0 saturated carbocycles. The number of sulfonamides is 1. The maximum Gasteiger partial charge on any atom is 0.211 e. The van der Waals surface area contributed by atoms with E-state index in [1.165, 1.54) is 6.42 Å². The van der Waals surface area contributed by atoms with E-state index in [1.54, 1.807) is 0 Å². The van der Waals surface area contributed by atoms with E-state index in [-0.39, 0.29) is 4.75 Å². The number of hydrogen-bond donors (Lipinski definition) is 2. The standard InChI is InChI=1S/C12H24N2O2S2/c1-12(5-2-8-17-12)10-14-18(15,16)9-11-3-6-13-7-4-11/h11,13-14H,2-10H2,1H3. The highest BCUT2D eigenvalue weighted by atomic mass is 32.2. The molecule has 0 aromatic carbocycles. The molecule has 0 amide bonds. The monoisotopic (exact) mass is 292 g/mol. The van der Waals surface area contributed by atoms with Gasteiger partial charge >= 0.3 is 0 Å². The summed E-state index contributed by atoms with van der Waals surface area (Å²) < 4.78 is 27.0. The Balaban J connectivity index is 1.79. The Morgan fingerprint density at radius 3 is 2.72 bits per heavy atom. The molecule has 0 radical (unpaired) electrons. The molecule has 4 nitrogen and oxygen atoms in total. The van der Waals surface area contributed by atoms with E-state index < -0.39 is 10.0 Å². The van der Waals surface area contributed by atoms with Gasteiger partial charge in [-0.25, -0.2) is 13.1 Å². The van der Waals surface area contributed by atoms with Crippen LogP contribution in [0.2, 0.25) is 0 Å². The van der Waals surface area contributed by atoms with Gasteiger partial charge in [-0.1, -0.05) is 0 Å². The van der Waals surface area contributed by atoms with Crippen molar-refractivity contribution in [3.8, 4) is 0 Å². The highest BCUT2D eigenvalue weighted by Gasteiger charge is 2.31. The highest BCUT2D eigenvalue weighted by molar-refractivity contribution is 8.01. The van der Waals surface area contributed by atoms with Gasteiger partial charge in [0.2, 0.25) is 10.0 Å². The van der Waals surface area contributed by atoms with Gasteiger partial charge in [-0.2, -0.15) is 11.8 Å². The summed E-state index contributed by atoms with van der Waals surface area (Å²) in [5.74, 6) is 1.79. The Hall–Kier alpha value is 0.220. The Labute approximate surface area is 115 Å². The Morgan fingerprint density at radius 2 is 2.11 bits per heavy atom. The van der Waals surface area contributed by atoms with Crippen LogP contribution in [0, 0.1) is 5.92 Å². The molecule has 2 N–H and O–H groups in total. The predicted octanol–water partition coefficient (Wildman–Crippen LogP) is 1.19. The summed E-state index contributed by atoms with van der Waals surface area (Å²) in [4.78, 5) is 0. The molecule has 18 heavy (non-hydrogen) atoms. The highest BCUT2D eigenvalue weighted by Crippen LogP contribution is 2.37. The summed E-state index contributed by atoms with van der Waals surface area (Å²) in [5.41, 5.74) is 0. The molecular weight excluding hydrogens is 268 g/mol. The number of rotatable bonds is 5. The molecule has 2 saturated heterocycles. The molecule has 0 aliphatic carbocycles. The second kappa shape index (κ2) is 6.11. The fourth-order valence-corrected chi connectivity index (χ4v) is 5.60. The molecule has 0 aromatic rings. The van der Waals surface area contributed by atoms with Crippen LogP contribution in [-0.4, -0.2) is 44.3 Å². The van der Waals surface area contributed by atoms with Crippen LogP contribution in [0.1, 0.15) is 32.6 Å². The first-order valence-corrected chi connectivity index (χ1v) is 9.45. The minimum atomic E-state index is -3.10. The van der Waals surface area contributed by atoms with Gasteiger partial charge in [-0.3, -0.25) is 0 Å². The molecule has 1 unspecified atom stereocenters. The van der Waals surface area contributed by atoms with Crippen LogP contribution in [0.15, 0.2) is 0 Å². The molecule has 2 aliphatic rings. The summed E-state index contributed by atoms with van der Waals surface area (Å²) in [6, 6.07) is 0. The third-order valence-corrected chi connectivity index (χ3v) is 6.91. The van der Waals surface area contributed by atoms with Crippen LogP contribution in [0.4, 0.5) is 0 Å². The fraction of sp³-hybridized carbons (Fsp3) is 1.00. The predicted molar refractivity (Wildman–Crippen MR) is 77.5 cm³/mol. The molecule has 6 heteroatoms. The largest absolute Gasteiger partial charge is 0.317 e. The Kier molecular flexibility index (Phi) is 4.97. The molecule has 106 valence electrons. The van der Waals surface area contributed by atoms with Gasteiger partial charge in [0.25, 0.3) is 0 Å². The van der Waals surface area contributed by atoms with E-state index >= 15 is 0 Å². The van der Waals surface area contributed by atoms with Gasteiger partial charge in [0.05, 0.1) is 5.75 Å². The molecule has 2 aliphatic heterocycles. The van der Waals surface area contributed by atoms with Crippen molar-refractivity contribution >= 4 is 21.8 Å². The second-order valence-corrected chi connectivity index (χ2v) is 9.23. The average molecular weight is 292 g/mol. The van der Waals surface area contributed by atoms with Crippen molar-refractivity contribution in [1.82, 2.24) is 10.0 Å². The number of nitrogens with one attached hydrogen (secondary N) is 2. The van der Waals surface area contributed by atoms with Crippen molar-refractivity contribution in [3.05, 3.63) is 0 Å². The van der Waals surface area contributed by atoms with Gasteiger partial charge in [-0.05, 0) is 57.4 Å². The first-order valence-electron chi connectivity index (χ1n) is 6.81. The van der Waals surface area contributed by atoms with E-state index in [1.807, 2.05) is 11.8 Å². The SMILES string of the molecule is CC1(CNS(=O)(=O)CC2CCNCC2)CCCS1. The van der Waals surface area contributed by atoms with Gasteiger partial charge in [0.1, 0.15) is 0 Å². The number of piperidine rings is 1. The third-order valence-electron chi connectivity index (χ3n) is 3.88. The maximum atomic E-state index is 12.1. The first kappa shape index (κ1) is 14.6.